The highest BCUT2D eigenvalue weighted by molar-refractivity contribution is 7.98. The lowest BCUT2D eigenvalue weighted by Crippen LogP contribution is -1.96. The third kappa shape index (κ3) is 3.29. The number of hydrogen-bond acceptors (Lipinski definition) is 4. The molecular weight excluding hydrogens is 369 g/mol. The summed E-state index contributed by atoms with van der Waals surface area (Å²) < 4.78 is 2.02. The summed E-state index contributed by atoms with van der Waals surface area (Å²) >= 11 is 15.8. The van der Waals surface area contributed by atoms with E-state index in [0.717, 1.165) is 22.1 Å². The summed E-state index contributed by atoms with van der Waals surface area (Å²) in [6.07, 6.45) is 0. The molecule has 0 spiro atoms. The number of aryl methyl sites for hydroxylation is 1. The van der Waals surface area contributed by atoms with Crippen LogP contribution >= 0.6 is 46.3 Å². The van der Waals surface area contributed by atoms with Gasteiger partial charge in [0.15, 0.2) is 11.0 Å². The van der Waals surface area contributed by atoms with Crippen LogP contribution in [0.3, 0.4) is 0 Å². The zero-order valence-corrected chi connectivity index (χ0v) is 16.1. The fourth-order valence-corrected chi connectivity index (χ4v) is 4.73. The Labute approximate surface area is 153 Å². The standard InChI is InChI=1S/C16H15Cl2N3S2/c1-9-10(2)22-7-11(9)15-19-20-16(21(15)3)23-8-12-13(17)5-4-6-14(12)18/h4-7H,8H2,1-3H3. The van der Waals surface area contributed by atoms with Crippen molar-refractivity contribution in [1.82, 2.24) is 14.8 Å². The largest absolute Gasteiger partial charge is 0.305 e. The van der Waals surface area contributed by atoms with Crippen LogP contribution in [0.15, 0.2) is 28.7 Å². The molecule has 0 atom stereocenters. The molecule has 0 saturated heterocycles. The molecule has 2 heterocycles. The lowest BCUT2D eigenvalue weighted by molar-refractivity contribution is 0.793. The maximum atomic E-state index is 6.22. The van der Waals surface area contributed by atoms with E-state index in [1.54, 1.807) is 23.1 Å². The molecule has 0 aliphatic carbocycles. The summed E-state index contributed by atoms with van der Waals surface area (Å²) in [7, 11) is 1.98. The predicted molar refractivity (Wildman–Crippen MR) is 99.8 cm³/mol. The second-order valence-corrected chi connectivity index (χ2v) is 8.03. The van der Waals surface area contributed by atoms with E-state index in [0.29, 0.717) is 15.8 Å². The molecule has 0 amide bonds. The van der Waals surface area contributed by atoms with Crippen molar-refractivity contribution in [1.29, 1.82) is 0 Å². The highest BCUT2D eigenvalue weighted by atomic mass is 35.5. The van der Waals surface area contributed by atoms with Gasteiger partial charge in [-0.15, -0.1) is 21.5 Å². The Bertz CT molecular complexity index is 835. The quantitative estimate of drug-likeness (QED) is 0.536. The van der Waals surface area contributed by atoms with Crippen molar-refractivity contribution in [2.75, 3.05) is 0 Å². The van der Waals surface area contributed by atoms with E-state index in [1.165, 1.54) is 10.4 Å². The molecule has 0 saturated carbocycles. The predicted octanol–water partition coefficient (Wildman–Crippen LogP) is 5.76. The maximum Gasteiger partial charge on any atom is 0.191 e. The second-order valence-electron chi connectivity index (χ2n) is 5.18. The molecule has 0 aliphatic heterocycles. The van der Waals surface area contributed by atoms with Crippen LogP contribution in [-0.2, 0) is 12.8 Å². The summed E-state index contributed by atoms with van der Waals surface area (Å²) in [5.74, 6) is 1.55. The smallest absolute Gasteiger partial charge is 0.191 e. The minimum absolute atomic E-state index is 0.659. The molecule has 0 N–H and O–H groups in total. The van der Waals surface area contributed by atoms with Gasteiger partial charge in [-0.1, -0.05) is 41.0 Å². The number of aromatic nitrogens is 3. The summed E-state index contributed by atoms with van der Waals surface area (Å²) in [4.78, 5) is 1.31. The van der Waals surface area contributed by atoms with Crippen molar-refractivity contribution in [2.24, 2.45) is 7.05 Å². The molecule has 7 heteroatoms. The lowest BCUT2D eigenvalue weighted by Gasteiger charge is -2.07. The van der Waals surface area contributed by atoms with Gasteiger partial charge >= 0.3 is 0 Å². The van der Waals surface area contributed by atoms with Gasteiger partial charge < -0.3 is 4.57 Å². The van der Waals surface area contributed by atoms with Gasteiger partial charge in [0.05, 0.1) is 0 Å². The first-order chi connectivity index (χ1) is 11.0. The molecule has 0 fully saturated rings. The minimum Gasteiger partial charge on any atom is -0.305 e. The molecule has 1 aromatic carbocycles. The van der Waals surface area contributed by atoms with Crippen LogP contribution in [0.25, 0.3) is 11.4 Å². The number of thioether (sulfide) groups is 1. The molecule has 120 valence electrons. The molecule has 3 nitrogen and oxygen atoms in total. The molecule has 0 radical (unpaired) electrons. The van der Waals surface area contributed by atoms with Crippen LogP contribution < -0.4 is 0 Å². The summed E-state index contributed by atoms with van der Waals surface area (Å²) in [5.41, 5.74) is 3.33. The Morgan fingerprint density at radius 1 is 1.17 bits per heavy atom. The van der Waals surface area contributed by atoms with Crippen molar-refractivity contribution in [3.63, 3.8) is 0 Å². The molecule has 3 aromatic rings. The first-order valence-electron chi connectivity index (χ1n) is 6.99. The van der Waals surface area contributed by atoms with E-state index in [4.69, 9.17) is 23.2 Å². The topological polar surface area (TPSA) is 30.7 Å². The fourth-order valence-electron chi connectivity index (χ4n) is 2.22. The molecule has 0 aliphatic rings. The molecule has 0 bridgehead atoms. The van der Waals surface area contributed by atoms with E-state index in [9.17, 15) is 0 Å². The van der Waals surface area contributed by atoms with Gasteiger partial charge in [0.2, 0.25) is 0 Å². The van der Waals surface area contributed by atoms with Gasteiger partial charge in [-0.3, -0.25) is 0 Å². The Balaban J connectivity index is 1.84. The van der Waals surface area contributed by atoms with E-state index in [1.807, 2.05) is 29.8 Å². The van der Waals surface area contributed by atoms with Crippen molar-refractivity contribution in [2.45, 2.75) is 24.8 Å². The van der Waals surface area contributed by atoms with Crippen LogP contribution in [0.5, 0.6) is 0 Å². The van der Waals surface area contributed by atoms with Gasteiger partial charge in [-0.25, -0.2) is 0 Å². The number of halogens is 2. The third-order valence-corrected chi connectivity index (χ3v) is 6.54. The number of benzene rings is 1. The van der Waals surface area contributed by atoms with E-state index in [-0.39, 0.29) is 0 Å². The van der Waals surface area contributed by atoms with Gasteiger partial charge in [0.25, 0.3) is 0 Å². The third-order valence-electron chi connectivity index (χ3n) is 3.77. The van der Waals surface area contributed by atoms with Gasteiger partial charge in [0.1, 0.15) is 0 Å². The highest BCUT2D eigenvalue weighted by Crippen LogP contribution is 2.33. The minimum atomic E-state index is 0.659. The average Bonchev–Trinajstić information content (AvgIpc) is 3.03. The first-order valence-corrected chi connectivity index (χ1v) is 9.61. The van der Waals surface area contributed by atoms with E-state index in [2.05, 4.69) is 29.4 Å². The second kappa shape index (κ2) is 6.85. The van der Waals surface area contributed by atoms with Crippen LogP contribution in [0.1, 0.15) is 16.0 Å². The normalized spacial score (nSPS) is 11.2. The average molecular weight is 384 g/mol. The number of nitrogens with zero attached hydrogens (tertiary/aromatic N) is 3. The number of hydrogen-bond donors (Lipinski definition) is 0. The number of rotatable bonds is 4. The summed E-state index contributed by atoms with van der Waals surface area (Å²) in [5, 5.41) is 13.0. The Hall–Kier alpha value is -1.01. The Morgan fingerprint density at radius 3 is 2.48 bits per heavy atom. The molecule has 2 aromatic heterocycles. The Morgan fingerprint density at radius 2 is 1.87 bits per heavy atom. The van der Waals surface area contributed by atoms with Crippen molar-refractivity contribution >= 4 is 46.3 Å². The summed E-state index contributed by atoms with van der Waals surface area (Å²) in [6.45, 7) is 4.24. The zero-order valence-electron chi connectivity index (χ0n) is 12.9. The van der Waals surface area contributed by atoms with Crippen molar-refractivity contribution in [3.05, 3.63) is 49.6 Å². The van der Waals surface area contributed by atoms with Gasteiger partial charge in [0, 0.05) is 38.7 Å². The first kappa shape index (κ1) is 16.8. The SMILES string of the molecule is Cc1scc(-c2nnc(SCc3c(Cl)cccc3Cl)n2C)c1C. The van der Waals surface area contributed by atoms with Crippen LogP contribution in [0, 0.1) is 13.8 Å². The van der Waals surface area contributed by atoms with Gasteiger partial charge in [-0.05, 0) is 37.1 Å². The van der Waals surface area contributed by atoms with Crippen molar-refractivity contribution < 1.29 is 0 Å². The highest BCUT2D eigenvalue weighted by Gasteiger charge is 2.16. The van der Waals surface area contributed by atoms with Crippen LogP contribution in [0.4, 0.5) is 0 Å². The van der Waals surface area contributed by atoms with Gasteiger partial charge in [-0.2, -0.15) is 0 Å². The number of thiophene rings is 1. The zero-order chi connectivity index (χ0) is 16.6. The molecular formula is C16H15Cl2N3S2. The summed E-state index contributed by atoms with van der Waals surface area (Å²) in [6, 6.07) is 5.55. The van der Waals surface area contributed by atoms with E-state index >= 15 is 0 Å². The monoisotopic (exact) mass is 383 g/mol. The van der Waals surface area contributed by atoms with E-state index < -0.39 is 0 Å². The Kier molecular flexibility index (Phi) is 5.01. The van der Waals surface area contributed by atoms with Crippen LogP contribution in [0.2, 0.25) is 10.0 Å². The fraction of sp³-hybridized carbons (Fsp3) is 0.250. The van der Waals surface area contributed by atoms with Crippen LogP contribution in [-0.4, -0.2) is 14.8 Å². The lowest BCUT2D eigenvalue weighted by atomic mass is 10.2. The molecule has 23 heavy (non-hydrogen) atoms. The van der Waals surface area contributed by atoms with Crippen molar-refractivity contribution in [3.8, 4) is 11.4 Å². The maximum absolute atomic E-state index is 6.22. The molecule has 3 rings (SSSR count). The molecule has 0 unspecified atom stereocenters.